The van der Waals surface area contributed by atoms with Gasteiger partial charge < -0.3 is 20.7 Å². The lowest BCUT2D eigenvalue weighted by Crippen LogP contribution is -2.51. The van der Waals surface area contributed by atoms with Gasteiger partial charge in [0.1, 0.15) is 5.82 Å². The van der Waals surface area contributed by atoms with Crippen LogP contribution in [0.2, 0.25) is 0 Å². The SMILES string of the molecule is COCCNC(=O)C(=O)Nc1nn(C2C3CC4CC2CC(C#N)(C4)C3)c2c3c(ncc12)NCC3. The van der Waals surface area contributed by atoms with Gasteiger partial charge in [-0.3, -0.25) is 14.3 Å². The molecule has 3 N–H and O–H groups in total. The first-order chi connectivity index (χ1) is 16.5. The van der Waals surface area contributed by atoms with Gasteiger partial charge in [-0.1, -0.05) is 0 Å². The van der Waals surface area contributed by atoms with Gasteiger partial charge in [0.05, 0.1) is 35.0 Å². The fourth-order valence-electron chi connectivity index (χ4n) is 7.24. The molecule has 0 radical (unpaired) electrons. The molecular formula is C24H29N7O3. The van der Waals surface area contributed by atoms with Crippen LogP contribution in [0.15, 0.2) is 6.20 Å². The van der Waals surface area contributed by atoms with Gasteiger partial charge in [-0.05, 0) is 56.3 Å². The zero-order valence-corrected chi connectivity index (χ0v) is 19.3. The summed E-state index contributed by atoms with van der Waals surface area (Å²) in [6, 6.07) is 2.85. The average molecular weight is 464 g/mol. The first kappa shape index (κ1) is 21.4. The molecule has 3 heterocycles. The van der Waals surface area contributed by atoms with Crippen molar-refractivity contribution in [1.82, 2.24) is 20.1 Å². The van der Waals surface area contributed by atoms with Crippen molar-refractivity contribution in [3.05, 3.63) is 11.8 Å². The molecule has 0 aromatic carbocycles. The Kier molecular flexibility index (Phi) is 4.99. The van der Waals surface area contributed by atoms with Crippen molar-refractivity contribution >= 4 is 34.4 Å². The van der Waals surface area contributed by atoms with E-state index in [9.17, 15) is 14.9 Å². The molecule has 34 heavy (non-hydrogen) atoms. The van der Waals surface area contributed by atoms with Gasteiger partial charge in [0.25, 0.3) is 0 Å². The summed E-state index contributed by atoms with van der Waals surface area (Å²) in [7, 11) is 1.54. The van der Waals surface area contributed by atoms with Crippen LogP contribution in [0, 0.1) is 34.5 Å². The molecule has 178 valence electrons. The number of rotatable bonds is 5. The molecule has 7 rings (SSSR count). The highest BCUT2D eigenvalue weighted by atomic mass is 16.5. The van der Waals surface area contributed by atoms with Gasteiger partial charge in [0.2, 0.25) is 0 Å². The monoisotopic (exact) mass is 463 g/mol. The number of carbonyl (C=O) groups is 2. The van der Waals surface area contributed by atoms with Crippen LogP contribution < -0.4 is 16.0 Å². The molecule has 2 amide bonds. The van der Waals surface area contributed by atoms with E-state index in [1.54, 1.807) is 6.20 Å². The van der Waals surface area contributed by atoms with Crippen LogP contribution >= 0.6 is 0 Å². The predicted molar refractivity (Wildman–Crippen MR) is 124 cm³/mol. The Morgan fingerprint density at radius 2 is 2.09 bits per heavy atom. The molecule has 10 heteroatoms. The number of pyridine rings is 1. The summed E-state index contributed by atoms with van der Waals surface area (Å²) < 4.78 is 7.04. The average Bonchev–Trinajstić information content (AvgIpc) is 3.43. The maximum Gasteiger partial charge on any atom is 0.314 e. The van der Waals surface area contributed by atoms with E-state index in [1.165, 1.54) is 7.11 Å². The number of hydrogen-bond acceptors (Lipinski definition) is 7. The van der Waals surface area contributed by atoms with E-state index in [1.807, 2.05) is 0 Å². The van der Waals surface area contributed by atoms with E-state index in [4.69, 9.17) is 9.84 Å². The van der Waals surface area contributed by atoms with Crippen molar-refractivity contribution in [2.45, 2.75) is 44.6 Å². The zero-order valence-electron chi connectivity index (χ0n) is 19.3. The van der Waals surface area contributed by atoms with Crippen molar-refractivity contribution in [3.63, 3.8) is 0 Å². The lowest BCUT2D eigenvalue weighted by atomic mass is 9.48. The number of ether oxygens (including phenoxy) is 1. The lowest BCUT2D eigenvalue weighted by Gasteiger charge is -2.57. The Bertz CT molecular complexity index is 1200. The van der Waals surface area contributed by atoms with E-state index in [0.717, 1.165) is 67.4 Å². The smallest absolute Gasteiger partial charge is 0.314 e. The fraction of sp³-hybridized carbons (Fsp3) is 0.625. The summed E-state index contributed by atoms with van der Waals surface area (Å²) in [5, 5.41) is 24.2. The number of aromatic nitrogens is 3. The number of nitrogens with zero attached hydrogens (tertiary/aromatic N) is 4. The third-order valence-electron chi connectivity index (χ3n) is 8.28. The number of nitriles is 1. The van der Waals surface area contributed by atoms with Crippen molar-refractivity contribution in [2.75, 3.05) is 37.4 Å². The van der Waals surface area contributed by atoms with Gasteiger partial charge in [0, 0.05) is 32.0 Å². The molecule has 5 aliphatic rings. The van der Waals surface area contributed by atoms with Crippen molar-refractivity contribution < 1.29 is 14.3 Å². The summed E-state index contributed by atoms with van der Waals surface area (Å²) in [5.74, 6) is 1.17. The van der Waals surface area contributed by atoms with E-state index in [2.05, 4.69) is 31.7 Å². The summed E-state index contributed by atoms with van der Waals surface area (Å²) >= 11 is 0. The van der Waals surface area contributed by atoms with E-state index in [0.29, 0.717) is 30.2 Å². The predicted octanol–water partition coefficient (Wildman–Crippen LogP) is 1.99. The molecule has 1 aliphatic heterocycles. The van der Waals surface area contributed by atoms with E-state index < -0.39 is 11.8 Å². The topological polar surface area (TPSA) is 134 Å². The van der Waals surface area contributed by atoms with Crippen LogP contribution in [0.3, 0.4) is 0 Å². The highest BCUT2D eigenvalue weighted by molar-refractivity contribution is 6.40. The third-order valence-corrected chi connectivity index (χ3v) is 8.28. The molecule has 4 aliphatic carbocycles. The molecule has 4 bridgehead atoms. The number of methoxy groups -OCH3 is 1. The summed E-state index contributed by atoms with van der Waals surface area (Å²) in [6.45, 7) is 1.40. The van der Waals surface area contributed by atoms with Crippen LogP contribution in [-0.2, 0) is 20.7 Å². The Morgan fingerprint density at radius 3 is 2.82 bits per heavy atom. The number of carbonyl (C=O) groups excluding carboxylic acids is 2. The molecule has 2 atom stereocenters. The minimum absolute atomic E-state index is 0.182. The maximum atomic E-state index is 12.6. The minimum Gasteiger partial charge on any atom is -0.383 e. The quantitative estimate of drug-likeness (QED) is 0.456. The Balaban J connectivity index is 1.38. The zero-order chi connectivity index (χ0) is 23.4. The lowest BCUT2D eigenvalue weighted by molar-refractivity contribution is -0.136. The van der Waals surface area contributed by atoms with Crippen LogP contribution in [0.4, 0.5) is 11.6 Å². The number of hydrogen-bond donors (Lipinski definition) is 3. The molecule has 0 spiro atoms. The molecule has 4 saturated carbocycles. The first-order valence-electron chi connectivity index (χ1n) is 12.2. The number of fused-ring (bicyclic) bond motifs is 3. The Morgan fingerprint density at radius 1 is 1.29 bits per heavy atom. The molecule has 2 aromatic rings. The summed E-state index contributed by atoms with van der Waals surface area (Å²) in [6.07, 6.45) is 7.69. The van der Waals surface area contributed by atoms with Crippen molar-refractivity contribution in [2.24, 2.45) is 23.2 Å². The van der Waals surface area contributed by atoms with E-state index >= 15 is 0 Å². The Hall–Kier alpha value is -3.19. The number of amides is 2. The number of anilines is 2. The highest BCUT2D eigenvalue weighted by Crippen LogP contribution is 2.63. The second-order valence-electron chi connectivity index (χ2n) is 10.4. The normalized spacial score (nSPS) is 30.6. The second kappa shape index (κ2) is 7.94. The highest BCUT2D eigenvalue weighted by Gasteiger charge is 2.57. The number of nitrogens with one attached hydrogen (secondary N) is 3. The van der Waals surface area contributed by atoms with Crippen LogP contribution in [0.5, 0.6) is 0 Å². The second-order valence-corrected chi connectivity index (χ2v) is 10.4. The largest absolute Gasteiger partial charge is 0.383 e. The standard InChI is InChI=1S/C24H29N7O3/c1-34-5-4-27-22(32)23(33)29-21-17-11-28-20-16(2-3-26-20)19(17)31(30-21)18-14-6-13-7-15(18)10-24(8-13,9-14)12-25/h11,13-15,18H,2-10H2,1H3,(H,26,28)(H,27,32)(H,29,30,33). The maximum absolute atomic E-state index is 12.6. The minimum atomic E-state index is -0.755. The molecule has 0 saturated heterocycles. The Labute approximate surface area is 197 Å². The van der Waals surface area contributed by atoms with Crippen LogP contribution in [0.25, 0.3) is 10.9 Å². The molecule has 2 unspecified atom stereocenters. The third kappa shape index (κ3) is 3.25. The molecule has 2 aromatic heterocycles. The summed E-state index contributed by atoms with van der Waals surface area (Å²) in [5.41, 5.74) is 1.92. The molecular weight excluding hydrogens is 434 g/mol. The van der Waals surface area contributed by atoms with Crippen molar-refractivity contribution in [1.29, 1.82) is 5.26 Å². The summed E-state index contributed by atoms with van der Waals surface area (Å²) in [4.78, 5) is 29.4. The van der Waals surface area contributed by atoms with Gasteiger partial charge in [-0.2, -0.15) is 10.4 Å². The van der Waals surface area contributed by atoms with Crippen LogP contribution in [-0.4, -0.2) is 53.4 Å². The van der Waals surface area contributed by atoms with Gasteiger partial charge in [-0.25, -0.2) is 4.98 Å². The molecule has 10 nitrogen and oxygen atoms in total. The van der Waals surface area contributed by atoms with E-state index in [-0.39, 0.29) is 18.0 Å². The first-order valence-corrected chi connectivity index (χ1v) is 12.2. The van der Waals surface area contributed by atoms with Crippen LogP contribution in [0.1, 0.15) is 43.7 Å². The van der Waals surface area contributed by atoms with Crippen molar-refractivity contribution in [3.8, 4) is 6.07 Å². The van der Waals surface area contributed by atoms with Gasteiger partial charge >= 0.3 is 11.8 Å². The fourth-order valence-corrected chi connectivity index (χ4v) is 7.24. The van der Waals surface area contributed by atoms with Gasteiger partial charge in [0.15, 0.2) is 5.82 Å². The molecule has 4 fully saturated rings. The van der Waals surface area contributed by atoms with Gasteiger partial charge in [-0.15, -0.1) is 0 Å².